The second-order valence-electron chi connectivity index (χ2n) is 4.44. The number of rotatable bonds is 4. The van der Waals surface area contributed by atoms with E-state index in [4.69, 9.17) is 0 Å². The van der Waals surface area contributed by atoms with Crippen molar-refractivity contribution in [2.75, 3.05) is 26.7 Å². The molecule has 0 radical (unpaired) electrons. The Hall–Kier alpha value is -1.06. The zero-order valence-corrected chi connectivity index (χ0v) is 10.4. The van der Waals surface area contributed by atoms with E-state index in [1.54, 1.807) is 16.8 Å². The van der Waals surface area contributed by atoms with Crippen molar-refractivity contribution in [2.24, 2.45) is 0 Å². The van der Waals surface area contributed by atoms with Crippen LogP contribution in [0.1, 0.15) is 39.0 Å². The molecule has 4 nitrogen and oxygen atoms in total. The van der Waals surface area contributed by atoms with Crippen LogP contribution in [0.3, 0.4) is 0 Å². The van der Waals surface area contributed by atoms with Crippen LogP contribution in [-0.4, -0.2) is 48.3 Å². The molecule has 0 spiro atoms. The molecule has 0 atom stereocenters. The van der Waals surface area contributed by atoms with Gasteiger partial charge in [0.1, 0.15) is 0 Å². The van der Waals surface area contributed by atoms with Crippen LogP contribution in [0.15, 0.2) is 0 Å². The van der Waals surface area contributed by atoms with Crippen LogP contribution in [0.5, 0.6) is 0 Å². The summed E-state index contributed by atoms with van der Waals surface area (Å²) in [6.45, 7) is 3.81. The quantitative estimate of drug-likeness (QED) is 0.724. The maximum atomic E-state index is 11.8. The lowest BCUT2D eigenvalue weighted by Crippen LogP contribution is -2.41. The lowest BCUT2D eigenvalue weighted by atomic mass is 10.2. The molecule has 1 fully saturated rings. The van der Waals surface area contributed by atoms with Gasteiger partial charge in [-0.3, -0.25) is 9.59 Å². The highest BCUT2D eigenvalue weighted by molar-refractivity contribution is 5.84. The van der Waals surface area contributed by atoms with Crippen molar-refractivity contribution < 1.29 is 9.59 Å². The standard InChI is InChI=1S/C12H22N2O2/c1-3-8-13(2)12(16)10-14-9-6-4-5-7-11(14)15/h3-10H2,1-2H3. The number of amides is 2. The first-order chi connectivity index (χ1) is 7.65. The summed E-state index contributed by atoms with van der Waals surface area (Å²) in [5.41, 5.74) is 0. The van der Waals surface area contributed by atoms with Crippen LogP contribution in [0.4, 0.5) is 0 Å². The smallest absolute Gasteiger partial charge is 0.241 e. The maximum absolute atomic E-state index is 11.8. The zero-order chi connectivity index (χ0) is 12.0. The average Bonchev–Trinajstić information content (AvgIpc) is 2.45. The van der Waals surface area contributed by atoms with E-state index in [0.29, 0.717) is 6.42 Å². The maximum Gasteiger partial charge on any atom is 0.241 e. The van der Waals surface area contributed by atoms with Crippen LogP contribution in [0.25, 0.3) is 0 Å². The van der Waals surface area contributed by atoms with Gasteiger partial charge in [0.15, 0.2) is 0 Å². The largest absolute Gasteiger partial charge is 0.344 e. The molecule has 0 aromatic rings. The third kappa shape index (κ3) is 3.83. The average molecular weight is 226 g/mol. The molecule has 2 amide bonds. The minimum absolute atomic E-state index is 0.0529. The summed E-state index contributed by atoms with van der Waals surface area (Å²) in [6.07, 6.45) is 4.65. The van der Waals surface area contributed by atoms with Crippen LogP contribution < -0.4 is 0 Å². The third-order valence-electron chi connectivity index (χ3n) is 2.98. The van der Waals surface area contributed by atoms with Crippen LogP contribution >= 0.6 is 0 Å². The second kappa shape index (κ2) is 6.51. The number of hydrogen-bond acceptors (Lipinski definition) is 2. The number of carbonyl (C=O) groups is 2. The van der Waals surface area contributed by atoms with Gasteiger partial charge in [-0.2, -0.15) is 0 Å². The van der Waals surface area contributed by atoms with E-state index in [2.05, 4.69) is 0 Å². The van der Waals surface area contributed by atoms with Crippen molar-refractivity contribution in [2.45, 2.75) is 39.0 Å². The van der Waals surface area contributed by atoms with Gasteiger partial charge in [-0.25, -0.2) is 0 Å². The van der Waals surface area contributed by atoms with Crippen LogP contribution in [0, 0.1) is 0 Å². The molecule has 1 aliphatic heterocycles. The summed E-state index contributed by atoms with van der Waals surface area (Å²) in [4.78, 5) is 26.9. The normalized spacial score (nSPS) is 17.1. The molecular formula is C12H22N2O2. The lowest BCUT2D eigenvalue weighted by Gasteiger charge is -2.23. The highest BCUT2D eigenvalue weighted by atomic mass is 16.2. The van der Waals surface area contributed by atoms with E-state index in [0.717, 1.165) is 38.8 Å². The van der Waals surface area contributed by atoms with Gasteiger partial charge in [0.2, 0.25) is 11.8 Å². The molecule has 1 heterocycles. The molecule has 92 valence electrons. The third-order valence-corrected chi connectivity index (χ3v) is 2.98. The topological polar surface area (TPSA) is 40.6 Å². The SMILES string of the molecule is CCCN(C)C(=O)CN1CCCCCC1=O. The Kier molecular flexibility index (Phi) is 5.29. The first kappa shape index (κ1) is 13.0. The number of nitrogens with zero attached hydrogens (tertiary/aromatic N) is 2. The molecule has 0 N–H and O–H groups in total. The van der Waals surface area contributed by atoms with Gasteiger partial charge in [0, 0.05) is 26.6 Å². The molecular weight excluding hydrogens is 204 g/mol. The van der Waals surface area contributed by atoms with Gasteiger partial charge >= 0.3 is 0 Å². The first-order valence-corrected chi connectivity index (χ1v) is 6.17. The Morgan fingerprint density at radius 3 is 2.81 bits per heavy atom. The summed E-state index contributed by atoms with van der Waals surface area (Å²) in [6, 6.07) is 0. The minimum Gasteiger partial charge on any atom is -0.344 e. The summed E-state index contributed by atoms with van der Waals surface area (Å²) >= 11 is 0. The number of carbonyl (C=O) groups excluding carboxylic acids is 2. The summed E-state index contributed by atoms with van der Waals surface area (Å²) in [5.74, 6) is 0.188. The molecule has 0 aliphatic carbocycles. The van der Waals surface area contributed by atoms with E-state index in [-0.39, 0.29) is 18.4 Å². The van der Waals surface area contributed by atoms with E-state index >= 15 is 0 Å². The van der Waals surface area contributed by atoms with Crippen molar-refractivity contribution in [3.63, 3.8) is 0 Å². The summed E-state index contributed by atoms with van der Waals surface area (Å²) in [7, 11) is 1.80. The van der Waals surface area contributed by atoms with Gasteiger partial charge in [-0.1, -0.05) is 13.3 Å². The van der Waals surface area contributed by atoms with Crippen molar-refractivity contribution in [3.8, 4) is 0 Å². The molecule has 0 aromatic carbocycles. The Labute approximate surface area is 97.6 Å². The van der Waals surface area contributed by atoms with Crippen molar-refractivity contribution >= 4 is 11.8 Å². The van der Waals surface area contributed by atoms with Gasteiger partial charge < -0.3 is 9.80 Å². The van der Waals surface area contributed by atoms with Crippen molar-refractivity contribution in [1.82, 2.24) is 9.80 Å². The molecule has 16 heavy (non-hydrogen) atoms. The Morgan fingerprint density at radius 1 is 1.38 bits per heavy atom. The van der Waals surface area contributed by atoms with E-state index in [1.165, 1.54) is 0 Å². The predicted molar refractivity (Wildman–Crippen MR) is 63.0 cm³/mol. The zero-order valence-electron chi connectivity index (χ0n) is 10.4. The molecule has 4 heteroatoms. The highest BCUT2D eigenvalue weighted by Gasteiger charge is 2.20. The fraction of sp³-hybridized carbons (Fsp3) is 0.833. The highest BCUT2D eigenvalue weighted by Crippen LogP contribution is 2.11. The molecule has 1 rings (SSSR count). The Balaban J connectivity index is 2.44. The van der Waals surface area contributed by atoms with Gasteiger partial charge in [-0.05, 0) is 19.3 Å². The molecule has 0 aromatic heterocycles. The first-order valence-electron chi connectivity index (χ1n) is 6.17. The van der Waals surface area contributed by atoms with E-state index < -0.39 is 0 Å². The number of likely N-dealkylation sites (N-methyl/N-ethyl adjacent to an activating group) is 1. The van der Waals surface area contributed by atoms with Gasteiger partial charge in [0.05, 0.1) is 6.54 Å². The monoisotopic (exact) mass is 226 g/mol. The van der Waals surface area contributed by atoms with E-state index in [1.807, 2.05) is 6.92 Å². The predicted octanol–water partition coefficient (Wildman–Crippen LogP) is 1.26. The Morgan fingerprint density at radius 2 is 2.12 bits per heavy atom. The molecule has 0 saturated carbocycles. The minimum atomic E-state index is 0.0529. The number of hydrogen-bond donors (Lipinski definition) is 0. The van der Waals surface area contributed by atoms with Crippen molar-refractivity contribution in [3.05, 3.63) is 0 Å². The summed E-state index contributed by atoms with van der Waals surface area (Å²) < 4.78 is 0. The fourth-order valence-electron chi connectivity index (χ4n) is 1.95. The van der Waals surface area contributed by atoms with Crippen LogP contribution in [-0.2, 0) is 9.59 Å². The fourth-order valence-corrected chi connectivity index (χ4v) is 1.95. The molecule has 0 unspecified atom stereocenters. The molecule has 1 aliphatic rings. The Bertz CT molecular complexity index is 253. The van der Waals surface area contributed by atoms with Gasteiger partial charge in [-0.15, -0.1) is 0 Å². The summed E-state index contributed by atoms with van der Waals surface area (Å²) in [5, 5.41) is 0. The van der Waals surface area contributed by atoms with Gasteiger partial charge in [0.25, 0.3) is 0 Å². The lowest BCUT2D eigenvalue weighted by molar-refractivity contribution is -0.139. The van der Waals surface area contributed by atoms with E-state index in [9.17, 15) is 9.59 Å². The molecule has 0 bridgehead atoms. The molecule has 1 saturated heterocycles. The second-order valence-corrected chi connectivity index (χ2v) is 4.44. The van der Waals surface area contributed by atoms with Crippen LogP contribution in [0.2, 0.25) is 0 Å². The van der Waals surface area contributed by atoms with Crippen molar-refractivity contribution in [1.29, 1.82) is 0 Å². The number of likely N-dealkylation sites (tertiary alicyclic amines) is 1.